The topological polar surface area (TPSA) is 85.1 Å². The van der Waals surface area contributed by atoms with Gasteiger partial charge >= 0.3 is 0 Å². The van der Waals surface area contributed by atoms with Crippen molar-refractivity contribution in [1.29, 1.82) is 0 Å². The Bertz CT molecular complexity index is 1020. The smallest absolute Gasteiger partial charge is 0.240 e. The molecule has 0 fully saturated rings. The van der Waals surface area contributed by atoms with E-state index in [-0.39, 0.29) is 12.3 Å². The molecule has 5 nitrogen and oxygen atoms in total. The molecule has 1 heterocycles. The molecule has 2 amide bonds. The van der Waals surface area contributed by atoms with Crippen LogP contribution in [0.4, 0.5) is 0 Å². The Labute approximate surface area is 171 Å². The molecule has 1 atom stereocenters. The van der Waals surface area contributed by atoms with Gasteiger partial charge in [0.25, 0.3) is 0 Å². The molecule has 1 aliphatic rings. The zero-order chi connectivity index (χ0) is 19.7. The maximum absolute atomic E-state index is 13.2. The summed E-state index contributed by atoms with van der Waals surface area (Å²) in [6.45, 7) is 0. The first-order valence-electron chi connectivity index (χ1n) is 8.93. The van der Waals surface area contributed by atoms with Crippen molar-refractivity contribution in [2.75, 3.05) is 0 Å². The zero-order valence-electron chi connectivity index (χ0n) is 14.9. The number of fused-ring (bicyclic) bond motifs is 3. The number of benzene rings is 2. The lowest BCUT2D eigenvalue weighted by atomic mass is 9.95. The predicted molar refractivity (Wildman–Crippen MR) is 110 cm³/mol. The standard InChI is InChI=1S/C22H18BrN3O2/c23-20-13(6-5-11-25-20)12-18(21(24)27)26-22(28)19-16-9-3-1-7-14(16)15-8-2-4-10-17(15)19/h1-11,18-19H,12H2,(H2,24,27)(H,26,28)/t18-/m1/s1. The number of aromatic nitrogens is 1. The van der Waals surface area contributed by atoms with E-state index >= 15 is 0 Å². The van der Waals surface area contributed by atoms with Crippen LogP contribution in [0.2, 0.25) is 0 Å². The van der Waals surface area contributed by atoms with E-state index in [2.05, 4.69) is 26.2 Å². The summed E-state index contributed by atoms with van der Waals surface area (Å²) in [5, 5.41) is 2.85. The Morgan fingerprint density at radius 2 is 1.61 bits per heavy atom. The first-order valence-corrected chi connectivity index (χ1v) is 9.73. The molecule has 0 bridgehead atoms. The van der Waals surface area contributed by atoms with Crippen LogP contribution in [0.15, 0.2) is 71.5 Å². The average molecular weight is 436 g/mol. The number of nitrogens with two attached hydrogens (primary N) is 1. The largest absolute Gasteiger partial charge is 0.368 e. The van der Waals surface area contributed by atoms with Crippen LogP contribution < -0.4 is 11.1 Å². The van der Waals surface area contributed by atoms with Crippen LogP contribution in [-0.2, 0) is 16.0 Å². The molecule has 0 unspecified atom stereocenters. The van der Waals surface area contributed by atoms with Gasteiger partial charge in [-0.05, 0) is 49.8 Å². The molecule has 0 radical (unpaired) electrons. The maximum Gasteiger partial charge on any atom is 0.240 e. The Morgan fingerprint density at radius 3 is 2.18 bits per heavy atom. The van der Waals surface area contributed by atoms with E-state index in [1.54, 1.807) is 12.3 Å². The van der Waals surface area contributed by atoms with Gasteiger partial charge in [0, 0.05) is 12.6 Å². The van der Waals surface area contributed by atoms with E-state index < -0.39 is 17.9 Å². The minimum absolute atomic E-state index is 0.235. The second-order valence-electron chi connectivity index (χ2n) is 6.73. The van der Waals surface area contributed by atoms with Crippen molar-refractivity contribution >= 4 is 27.7 Å². The van der Waals surface area contributed by atoms with Crippen LogP contribution in [0.5, 0.6) is 0 Å². The van der Waals surface area contributed by atoms with Crippen molar-refractivity contribution in [2.24, 2.45) is 5.73 Å². The lowest BCUT2D eigenvalue weighted by Crippen LogP contribution is -2.47. The quantitative estimate of drug-likeness (QED) is 0.603. The van der Waals surface area contributed by atoms with Gasteiger partial charge in [-0.1, -0.05) is 54.6 Å². The van der Waals surface area contributed by atoms with Gasteiger partial charge in [0.15, 0.2) is 0 Å². The van der Waals surface area contributed by atoms with Crippen LogP contribution in [0.1, 0.15) is 22.6 Å². The number of pyridine rings is 1. The third-order valence-corrected chi connectivity index (χ3v) is 5.73. The number of amides is 2. The van der Waals surface area contributed by atoms with Crippen molar-refractivity contribution in [2.45, 2.75) is 18.4 Å². The molecule has 0 spiro atoms. The minimum atomic E-state index is -0.826. The van der Waals surface area contributed by atoms with E-state index in [0.717, 1.165) is 27.8 Å². The monoisotopic (exact) mass is 435 g/mol. The molecule has 1 aromatic heterocycles. The first-order chi connectivity index (χ1) is 13.6. The summed E-state index contributed by atoms with van der Waals surface area (Å²) in [5.74, 6) is -1.28. The second-order valence-corrected chi connectivity index (χ2v) is 7.48. The number of hydrogen-bond donors (Lipinski definition) is 2. The molecule has 1 aliphatic carbocycles. The number of primary amides is 1. The van der Waals surface area contributed by atoms with Crippen molar-refractivity contribution < 1.29 is 9.59 Å². The van der Waals surface area contributed by atoms with Crippen molar-refractivity contribution in [3.63, 3.8) is 0 Å². The van der Waals surface area contributed by atoms with Crippen LogP contribution in [0.3, 0.4) is 0 Å². The highest BCUT2D eigenvalue weighted by atomic mass is 79.9. The Hall–Kier alpha value is -2.99. The molecule has 28 heavy (non-hydrogen) atoms. The number of rotatable bonds is 5. The molecule has 0 aliphatic heterocycles. The molecule has 6 heteroatoms. The summed E-state index contributed by atoms with van der Waals surface area (Å²) >= 11 is 3.37. The third kappa shape index (κ3) is 3.31. The second kappa shape index (κ2) is 7.56. The molecule has 0 saturated heterocycles. The van der Waals surface area contributed by atoms with Crippen LogP contribution in [-0.4, -0.2) is 22.8 Å². The van der Waals surface area contributed by atoms with E-state index in [4.69, 9.17) is 5.73 Å². The van der Waals surface area contributed by atoms with Gasteiger partial charge in [0.1, 0.15) is 10.6 Å². The Morgan fingerprint density at radius 1 is 1.00 bits per heavy atom. The lowest BCUT2D eigenvalue weighted by molar-refractivity contribution is -0.127. The highest BCUT2D eigenvalue weighted by molar-refractivity contribution is 9.10. The van der Waals surface area contributed by atoms with E-state index in [0.29, 0.717) is 4.60 Å². The molecule has 4 rings (SSSR count). The molecule has 3 aromatic rings. The number of nitrogens with zero attached hydrogens (tertiary/aromatic N) is 1. The number of halogens is 1. The summed E-state index contributed by atoms with van der Waals surface area (Å²) < 4.78 is 0.632. The molecule has 3 N–H and O–H groups in total. The third-order valence-electron chi connectivity index (χ3n) is 5.02. The number of hydrogen-bond acceptors (Lipinski definition) is 3. The minimum Gasteiger partial charge on any atom is -0.368 e. The summed E-state index contributed by atoms with van der Waals surface area (Å²) in [4.78, 5) is 29.4. The highest BCUT2D eigenvalue weighted by Gasteiger charge is 2.35. The predicted octanol–water partition coefficient (Wildman–Crippen LogP) is 3.17. The summed E-state index contributed by atoms with van der Waals surface area (Å²) in [6, 6.07) is 18.5. The van der Waals surface area contributed by atoms with Gasteiger partial charge < -0.3 is 11.1 Å². The van der Waals surface area contributed by atoms with Crippen LogP contribution in [0, 0.1) is 0 Å². The molecule has 0 saturated carbocycles. The first kappa shape index (κ1) is 18.4. The van der Waals surface area contributed by atoms with E-state index in [9.17, 15) is 9.59 Å². The molecule has 2 aromatic carbocycles. The van der Waals surface area contributed by atoms with E-state index in [1.165, 1.54) is 0 Å². The van der Waals surface area contributed by atoms with Crippen LogP contribution >= 0.6 is 15.9 Å². The fourth-order valence-electron chi connectivity index (χ4n) is 3.71. The Balaban J connectivity index is 1.63. The van der Waals surface area contributed by atoms with Crippen LogP contribution in [0.25, 0.3) is 11.1 Å². The summed E-state index contributed by atoms with van der Waals surface area (Å²) in [7, 11) is 0. The molecular weight excluding hydrogens is 418 g/mol. The highest BCUT2D eigenvalue weighted by Crippen LogP contribution is 2.44. The fraction of sp³-hybridized carbons (Fsp3) is 0.136. The normalized spacial score (nSPS) is 13.5. The van der Waals surface area contributed by atoms with E-state index in [1.807, 2.05) is 54.6 Å². The SMILES string of the molecule is NC(=O)[C@@H](Cc1cccnc1Br)NC(=O)C1c2ccccc2-c2ccccc21. The maximum atomic E-state index is 13.2. The van der Waals surface area contributed by atoms with Crippen molar-refractivity contribution in [3.05, 3.63) is 88.2 Å². The number of nitrogens with one attached hydrogen (secondary N) is 1. The van der Waals surface area contributed by atoms with Crippen molar-refractivity contribution in [1.82, 2.24) is 10.3 Å². The zero-order valence-corrected chi connectivity index (χ0v) is 16.5. The fourth-order valence-corrected chi connectivity index (χ4v) is 4.12. The summed E-state index contributed by atoms with van der Waals surface area (Å²) in [6.07, 6.45) is 1.92. The van der Waals surface area contributed by atoms with Gasteiger partial charge in [0.05, 0.1) is 5.92 Å². The number of carbonyl (C=O) groups is 2. The van der Waals surface area contributed by atoms with Gasteiger partial charge in [-0.15, -0.1) is 0 Å². The van der Waals surface area contributed by atoms with Crippen molar-refractivity contribution in [3.8, 4) is 11.1 Å². The van der Waals surface area contributed by atoms with Gasteiger partial charge in [-0.3, -0.25) is 9.59 Å². The molecular formula is C22H18BrN3O2. The van der Waals surface area contributed by atoms with Gasteiger partial charge in [-0.2, -0.15) is 0 Å². The van der Waals surface area contributed by atoms with Gasteiger partial charge in [0.2, 0.25) is 11.8 Å². The molecule has 140 valence electrons. The average Bonchev–Trinajstić information content (AvgIpc) is 3.03. The number of carbonyl (C=O) groups excluding carboxylic acids is 2. The lowest BCUT2D eigenvalue weighted by Gasteiger charge is -2.20. The van der Waals surface area contributed by atoms with Gasteiger partial charge in [-0.25, -0.2) is 4.98 Å². The summed E-state index contributed by atoms with van der Waals surface area (Å²) in [5.41, 5.74) is 10.4. The Kier molecular flexibility index (Phi) is 4.96.